The van der Waals surface area contributed by atoms with Gasteiger partial charge in [-0.05, 0) is 29.3 Å². The minimum absolute atomic E-state index is 0.0164. The van der Waals surface area contributed by atoms with E-state index < -0.39 is 11.9 Å². The molecule has 0 aliphatic heterocycles. The molecule has 3 rings (SSSR count). The summed E-state index contributed by atoms with van der Waals surface area (Å²) < 4.78 is 10.2. The van der Waals surface area contributed by atoms with E-state index in [1.807, 2.05) is 6.07 Å². The van der Waals surface area contributed by atoms with Crippen molar-refractivity contribution >= 4 is 17.6 Å². The molecule has 146 valence electrons. The molecule has 0 fully saturated rings. The molecule has 1 aromatic carbocycles. The van der Waals surface area contributed by atoms with E-state index in [1.54, 1.807) is 30.3 Å². The number of rotatable bonds is 6. The molecule has 0 spiro atoms. The highest BCUT2D eigenvalue weighted by Gasteiger charge is 2.28. The summed E-state index contributed by atoms with van der Waals surface area (Å²) in [5, 5.41) is 20.2. The molecule has 3 aromatic rings. The lowest BCUT2D eigenvalue weighted by atomic mass is 9.93. The lowest BCUT2D eigenvalue weighted by molar-refractivity contribution is 0.0696. The maximum Gasteiger partial charge on any atom is 0.338 e. The van der Waals surface area contributed by atoms with Crippen LogP contribution in [0.5, 0.6) is 11.8 Å². The van der Waals surface area contributed by atoms with Crippen LogP contribution in [0, 0.1) is 11.3 Å². The van der Waals surface area contributed by atoms with Gasteiger partial charge in [0.05, 0.1) is 37.6 Å². The third-order valence-corrected chi connectivity index (χ3v) is 4.38. The third kappa shape index (κ3) is 4.10. The SMILES string of the molecule is COc1cc(OC)nc(C(C#N)c2nccc(-c3ccc(Cl)cc3)c2C(=O)O)n1. The molecule has 2 heterocycles. The highest BCUT2D eigenvalue weighted by molar-refractivity contribution is 6.30. The normalized spacial score (nSPS) is 11.4. The summed E-state index contributed by atoms with van der Waals surface area (Å²) in [5.41, 5.74) is 0.917. The maximum atomic E-state index is 12.1. The number of carboxylic acid groups (broad SMARTS) is 1. The van der Waals surface area contributed by atoms with Crippen molar-refractivity contribution in [1.82, 2.24) is 15.0 Å². The number of hydrogen-bond donors (Lipinski definition) is 1. The summed E-state index contributed by atoms with van der Waals surface area (Å²) in [5.74, 6) is -2.01. The van der Waals surface area contributed by atoms with Crippen LogP contribution in [0.2, 0.25) is 5.02 Å². The van der Waals surface area contributed by atoms with E-state index in [9.17, 15) is 15.2 Å². The number of halogens is 1. The molecule has 0 saturated carbocycles. The van der Waals surface area contributed by atoms with E-state index >= 15 is 0 Å². The smallest absolute Gasteiger partial charge is 0.338 e. The quantitative estimate of drug-likeness (QED) is 0.655. The summed E-state index contributed by atoms with van der Waals surface area (Å²) in [6.45, 7) is 0. The van der Waals surface area contributed by atoms with E-state index in [-0.39, 0.29) is 28.8 Å². The van der Waals surface area contributed by atoms with Gasteiger partial charge in [-0.1, -0.05) is 23.7 Å². The van der Waals surface area contributed by atoms with Gasteiger partial charge in [-0.15, -0.1) is 0 Å². The molecule has 1 unspecified atom stereocenters. The first-order valence-electron chi connectivity index (χ1n) is 8.33. The molecule has 1 atom stereocenters. The number of ether oxygens (including phenoxy) is 2. The Balaban J connectivity index is 2.22. The first kappa shape index (κ1) is 20.0. The van der Waals surface area contributed by atoms with Crippen LogP contribution in [0.4, 0.5) is 0 Å². The maximum absolute atomic E-state index is 12.1. The Hall–Kier alpha value is -3.70. The molecule has 0 amide bonds. The van der Waals surface area contributed by atoms with Crippen molar-refractivity contribution in [2.24, 2.45) is 0 Å². The van der Waals surface area contributed by atoms with Gasteiger partial charge in [0.15, 0.2) is 5.82 Å². The fourth-order valence-electron chi connectivity index (χ4n) is 2.79. The van der Waals surface area contributed by atoms with Crippen molar-refractivity contribution in [3.05, 3.63) is 64.7 Å². The Morgan fingerprint density at radius 3 is 2.28 bits per heavy atom. The Bertz CT molecular complexity index is 1070. The van der Waals surface area contributed by atoms with Crippen LogP contribution < -0.4 is 9.47 Å². The molecule has 29 heavy (non-hydrogen) atoms. The highest BCUT2D eigenvalue weighted by atomic mass is 35.5. The van der Waals surface area contributed by atoms with Crippen LogP contribution in [0.1, 0.15) is 27.8 Å². The van der Waals surface area contributed by atoms with Gasteiger partial charge in [0.1, 0.15) is 5.92 Å². The van der Waals surface area contributed by atoms with E-state index in [1.165, 1.54) is 26.5 Å². The van der Waals surface area contributed by atoms with Crippen LogP contribution in [0.15, 0.2) is 42.6 Å². The van der Waals surface area contributed by atoms with Crippen molar-refractivity contribution in [3.63, 3.8) is 0 Å². The largest absolute Gasteiger partial charge is 0.481 e. The van der Waals surface area contributed by atoms with Crippen LogP contribution in [-0.4, -0.2) is 40.2 Å². The fourth-order valence-corrected chi connectivity index (χ4v) is 2.92. The first-order chi connectivity index (χ1) is 14.0. The van der Waals surface area contributed by atoms with E-state index in [0.717, 1.165) is 0 Å². The Morgan fingerprint density at radius 2 is 1.76 bits per heavy atom. The van der Waals surface area contributed by atoms with Crippen molar-refractivity contribution in [2.75, 3.05) is 14.2 Å². The van der Waals surface area contributed by atoms with E-state index in [4.69, 9.17) is 21.1 Å². The second kappa shape index (κ2) is 8.54. The number of benzene rings is 1. The predicted molar refractivity (Wildman–Crippen MR) is 104 cm³/mol. The molecular weight excluding hydrogens is 396 g/mol. The number of hydrogen-bond acceptors (Lipinski definition) is 7. The molecule has 0 aliphatic carbocycles. The molecule has 0 aliphatic rings. The fraction of sp³-hybridized carbons (Fsp3) is 0.150. The van der Waals surface area contributed by atoms with Gasteiger partial charge >= 0.3 is 5.97 Å². The molecule has 9 heteroatoms. The topological polar surface area (TPSA) is 118 Å². The minimum Gasteiger partial charge on any atom is -0.481 e. The van der Waals surface area contributed by atoms with Crippen LogP contribution in [0.3, 0.4) is 0 Å². The zero-order valence-electron chi connectivity index (χ0n) is 15.5. The van der Waals surface area contributed by atoms with Crippen molar-refractivity contribution < 1.29 is 19.4 Å². The molecule has 0 radical (unpaired) electrons. The number of nitriles is 1. The molecule has 8 nitrogen and oxygen atoms in total. The molecular formula is C20H15ClN4O4. The van der Waals surface area contributed by atoms with Gasteiger partial charge in [-0.2, -0.15) is 15.2 Å². The number of carbonyl (C=O) groups is 1. The molecule has 0 bridgehead atoms. The second-order valence-corrected chi connectivity index (χ2v) is 6.24. The summed E-state index contributed by atoms with van der Waals surface area (Å²) >= 11 is 5.93. The van der Waals surface area contributed by atoms with Crippen LogP contribution in [0.25, 0.3) is 11.1 Å². The number of aromatic carboxylic acids is 1. The van der Waals surface area contributed by atoms with Crippen molar-refractivity contribution in [2.45, 2.75) is 5.92 Å². The Morgan fingerprint density at radius 1 is 1.14 bits per heavy atom. The van der Waals surface area contributed by atoms with Crippen LogP contribution >= 0.6 is 11.6 Å². The Kier molecular flexibility index (Phi) is 5.90. The van der Waals surface area contributed by atoms with Gasteiger partial charge in [-0.3, -0.25) is 4.98 Å². The van der Waals surface area contributed by atoms with Gasteiger partial charge in [0.2, 0.25) is 11.8 Å². The first-order valence-corrected chi connectivity index (χ1v) is 8.71. The highest BCUT2D eigenvalue weighted by Crippen LogP contribution is 2.32. The van der Waals surface area contributed by atoms with E-state index in [2.05, 4.69) is 15.0 Å². The lowest BCUT2D eigenvalue weighted by Gasteiger charge is -2.15. The summed E-state index contributed by atoms with van der Waals surface area (Å²) in [6.07, 6.45) is 1.44. The number of nitrogens with zero attached hydrogens (tertiary/aromatic N) is 4. The molecule has 0 saturated heterocycles. The number of aromatic nitrogens is 3. The van der Waals surface area contributed by atoms with Gasteiger partial charge in [0, 0.05) is 11.2 Å². The zero-order valence-corrected chi connectivity index (χ0v) is 16.2. The predicted octanol–water partition coefficient (Wildman–Crippen LogP) is 3.56. The molecule has 1 N–H and O–H groups in total. The standard InChI is InChI=1S/C20H15ClN4O4/c1-28-15-9-16(29-2)25-19(24-15)14(10-22)18-17(20(26)27)13(7-8-23-18)11-3-5-12(21)6-4-11/h3-9,14H,1-2H3,(H,26,27). The van der Waals surface area contributed by atoms with Crippen molar-refractivity contribution in [1.29, 1.82) is 5.26 Å². The summed E-state index contributed by atoms with van der Waals surface area (Å²) in [6, 6.07) is 11.8. The average Bonchev–Trinajstić information content (AvgIpc) is 2.74. The monoisotopic (exact) mass is 410 g/mol. The number of methoxy groups -OCH3 is 2. The van der Waals surface area contributed by atoms with Gasteiger partial charge in [-0.25, -0.2) is 4.79 Å². The van der Waals surface area contributed by atoms with Crippen molar-refractivity contribution in [3.8, 4) is 29.0 Å². The second-order valence-electron chi connectivity index (χ2n) is 5.80. The number of pyridine rings is 1. The lowest BCUT2D eigenvalue weighted by Crippen LogP contribution is -2.14. The van der Waals surface area contributed by atoms with Gasteiger partial charge in [0.25, 0.3) is 0 Å². The van der Waals surface area contributed by atoms with Gasteiger partial charge < -0.3 is 14.6 Å². The number of carboxylic acids is 1. The third-order valence-electron chi connectivity index (χ3n) is 4.12. The molecule has 2 aromatic heterocycles. The summed E-state index contributed by atoms with van der Waals surface area (Å²) in [4.78, 5) is 24.6. The van der Waals surface area contributed by atoms with E-state index in [0.29, 0.717) is 16.1 Å². The Labute approximate surface area is 171 Å². The average molecular weight is 411 g/mol. The summed E-state index contributed by atoms with van der Waals surface area (Å²) in [7, 11) is 2.82. The minimum atomic E-state index is -1.23. The zero-order chi connectivity index (χ0) is 21.0. The van der Waals surface area contributed by atoms with Crippen LogP contribution in [-0.2, 0) is 0 Å².